The normalized spacial score (nSPS) is 10.6. The predicted molar refractivity (Wildman–Crippen MR) is 72.0 cm³/mol. The van der Waals surface area contributed by atoms with Crippen LogP contribution in [0.5, 0.6) is 0 Å². The molecule has 0 unspecified atom stereocenters. The van der Waals surface area contributed by atoms with Crippen LogP contribution in [0.25, 0.3) is 5.69 Å². The SMILES string of the molecule is Cc1cc(CCC(=O)O)nn1-c1ccc(Br)cc1. The lowest BCUT2D eigenvalue weighted by atomic mass is 10.2. The van der Waals surface area contributed by atoms with E-state index < -0.39 is 5.97 Å². The number of hydrogen-bond acceptors (Lipinski definition) is 2. The Labute approximate surface area is 113 Å². The van der Waals surface area contributed by atoms with Crippen molar-refractivity contribution < 1.29 is 9.90 Å². The first-order chi connectivity index (χ1) is 8.56. The molecule has 2 rings (SSSR count). The van der Waals surface area contributed by atoms with Gasteiger partial charge in [-0.2, -0.15) is 5.10 Å². The molecule has 0 bridgehead atoms. The van der Waals surface area contributed by atoms with E-state index in [-0.39, 0.29) is 6.42 Å². The van der Waals surface area contributed by atoms with Crippen LogP contribution in [0.1, 0.15) is 17.8 Å². The topological polar surface area (TPSA) is 55.1 Å². The van der Waals surface area contributed by atoms with Gasteiger partial charge in [0.05, 0.1) is 17.8 Å². The molecule has 0 fully saturated rings. The van der Waals surface area contributed by atoms with Crippen LogP contribution in [-0.4, -0.2) is 20.9 Å². The van der Waals surface area contributed by atoms with Crippen LogP contribution in [0.15, 0.2) is 34.8 Å². The van der Waals surface area contributed by atoms with Crippen LogP contribution in [-0.2, 0) is 11.2 Å². The summed E-state index contributed by atoms with van der Waals surface area (Å²) in [6.45, 7) is 1.96. The monoisotopic (exact) mass is 308 g/mol. The number of aliphatic carboxylic acids is 1. The van der Waals surface area contributed by atoms with Crippen molar-refractivity contribution in [1.29, 1.82) is 0 Å². The largest absolute Gasteiger partial charge is 0.481 e. The Bertz CT molecular complexity index is 561. The summed E-state index contributed by atoms with van der Waals surface area (Å²) in [6.07, 6.45) is 0.566. The Kier molecular flexibility index (Phi) is 3.81. The maximum absolute atomic E-state index is 10.5. The molecule has 0 aliphatic carbocycles. The first-order valence-corrected chi connectivity index (χ1v) is 6.39. The zero-order valence-corrected chi connectivity index (χ0v) is 11.5. The Morgan fingerprint density at radius 3 is 2.67 bits per heavy atom. The molecule has 0 saturated carbocycles. The van der Waals surface area contributed by atoms with Gasteiger partial charge in [0, 0.05) is 16.6 Å². The van der Waals surface area contributed by atoms with Crippen LogP contribution in [0.4, 0.5) is 0 Å². The average molecular weight is 309 g/mol. The molecule has 2 aromatic rings. The molecule has 1 aromatic carbocycles. The van der Waals surface area contributed by atoms with Gasteiger partial charge in [-0.1, -0.05) is 15.9 Å². The molecule has 0 amide bonds. The second-order valence-corrected chi connectivity index (χ2v) is 4.97. The number of halogens is 1. The summed E-state index contributed by atoms with van der Waals surface area (Å²) in [5.41, 5.74) is 2.77. The first kappa shape index (κ1) is 12.8. The summed E-state index contributed by atoms with van der Waals surface area (Å²) in [5, 5.41) is 13.1. The second-order valence-electron chi connectivity index (χ2n) is 4.06. The minimum Gasteiger partial charge on any atom is -0.481 e. The molecule has 18 heavy (non-hydrogen) atoms. The molecule has 0 spiro atoms. The van der Waals surface area contributed by atoms with E-state index in [0.29, 0.717) is 6.42 Å². The van der Waals surface area contributed by atoms with Crippen LogP contribution >= 0.6 is 15.9 Å². The molecule has 94 valence electrons. The van der Waals surface area contributed by atoms with Gasteiger partial charge in [0.25, 0.3) is 0 Å². The molecule has 1 heterocycles. The van der Waals surface area contributed by atoms with Gasteiger partial charge in [0.2, 0.25) is 0 Å². The third-order valence-electron chi connectivity index (χ3n) is 2.60. The Hall–Kier alpha value is -1.62. The third-order valence-corrected chi connectivity index (χ3v) is 3.13. The van der Waals surface area contributed by atoms with Gasteiger partial charge in [0.15, 0.2) is 0 Å². The number of benzene rings is 1. The number of carboxylic acid groups (broad SMARTS) is 1. The molecule has 0 saturated heterocycles. The van der Waals surface area contributed by atoms with Gasteiger partial charge >= 0.3 is 5.97 Å². The standard InChI is InChI=1S/C13H13BrN2O2/c1-9-8-11(4-7-13(17)18)15-16(9)12-5-2-10(14)3-6-12/h2-3,5-6,8H,4,7H2,1H3,(H,17,18). The van der Waals surface area contributed by atoms with E-state index in [1.807, 2.05) is 41.9 Å². The maximum Gasteiger partial charge on any atom is 0.303 e. The van der Waals surface area contributed by atoms with E-state index in [9.17, 15) is 4.79 Å². The lowest BCUT2D eigenvalue weighted by Gasteiger charge is -2.03. The van der Waals surface area contributed by atoms with E-state index in [0.717, 1.165) is 21.5 Å². The number of aromatic nitrogens is 2. The summed E-state index contributed by atoms with van der Waals surface area (Å²) in [5.74, 6) is -0.800. The van der Waals surface area contributed by atoms with Crippen LogP contribution in [0, 0.1) is 6.92 Å². The Morgan fingerprint density at radius 2 is 2.06 bits per heavy atom. The molecule has 1 N–H and O–H groups in total. The van der Waals surface area contributed by atoms with Crippen molar-refractivity contribution in [3.05, 3.63) is 46.2 Å². The van der Waals surface area contributed by atoms with Gasteiger partial charge in [-0.25, -0.2) is 4.68 Å². The zero-order valence-electron chi connectivity index (χ0n) is 9.93. The third kappa shape index (κ3) is 2.98. The highest BCUT2D eigenvalue weighted by atomic mass is 79.9. The number of rotatable bonds is 4. The molecule has 0 aliphatic heterocycles. The van der Waals surface area contributed by atoms with Crippen molar-refractivity contribution in [2.24, 2.45) is 0 Å². The second kappa shape index (κ2) is 5.35. The molecular weight excluding hydrogens is 296 g/mol. The molecule has 0 radical (unpaired) electrons. The molecule has 1 aromatic heterocycles. The smallest absolute Gasteiger partial charge is 0.303 e. The lowest BCUT2D eigenvalue weighted by Crippen LogP contribution is -2.01. The van der Waals surface area contributed by atoms with E-state index in [1.54, 1.807) is 0 Å². The molecule has 5 heteroatoms. The highest BCUT2D eigenvalue weighted by Crippen LogP contribution is 2.16. The van der Waals surface area contributed by atoms with E-state index in [4.69, 9.17) is 5.11 Å². The summed E-state index contributed by atoms with van der Waals surface area (Å²) in [6, 6.07) is 9.75. The molecule has 0 aliphatic rings. The van der Waals surface area contributed by atoms with Crippen molar-refractivity contribution in [3.63, 3.8) is 0 Å². The van der Waals surface area contributed by atoms with Crippen molar-refractivity contribution in [1.82, 2.24) is 9.78 Å². The number of nitrogens with zero attached hydrogens (tertiary/aromatic N) is 2. The van der Waals surface area contributed by atoms with E-state index >= 15 is 0 Å². The minimum absolute atomic E-state index is 0.108. The van der Waals surface area contributed by atoms with E-state index in [2.05, 4.69) is 21.0 Å². The number of carbonyl (C=O) groups is 1. The lowest BCUT2D eigenvalue weighted by molar-refractivity contribution is -0.136. The highest BCUT2D eigenvalue weighted by Gasteiger charge is 2.07. The summed E-state index contributed by atoms with van der Waals surface area (Å²) in [4.78, 5) is 10.5. The van der Waals surface area contributed by atoms with Crippen LogP contribution < -0.4 is 0 Å². The highest BCUT2D eigenvalue weighted by molar-refractivity contribution is 9.10. The number of aryl methyl sites for hydroxylation is 2. The average Bonchev–Trinajstić information content (AvgIpc) is 2.69. The summed E-state index contributed by atoms with van der Waals surface area (Å²) >= 11 is 3.39. The van der Waals surface area contributed by atoms with Crippen molar-refractivity contribution in [2.75, 3.05) is 0 Å². The van der Waals surface area contributed by atoms with E-state index in [1.165, 1.54) is 0 Å². The fourth-order valence-electron chi connectivity index (χ4n) is 1.74. The van der Waals surface area contributed by atoms with Gasteiger partial charge < -0.3 is 5.11 Å². The maximum atomic E-state index is 10.5. The predicted octanol–water partition coefficient (Wildman–Crippen LogP) is 2.96. The molecular formula is C13H13BrN2O2. The van der Waals surface area contributed by atoms with Crippen molar-refractivity contribution >= 4 is 21.9 Å². The van der Waals surface area contributed by atoms with Gasteiger partial charge in [0.1, 0.15) is 0 Å². The van der Waals surface area contributed by atoms with Gasteiger partial charge in [-0.3, -0.25) is 4.79 Å². The fraction of sp³-hybridized carbons (Fsp3) is 0.231. The summed E-state index contributed by atoms with van der Waals surface area (Å²) < 4.78 is 2.84. The number of hydrogen-bond donors (Lipinski definition) is 1. The quantitative estimate of drug-likeness (QED) is 0.944. The molecule has 4 nitrogen and oxygen atoms in total. The summed E-state index contributed by atoms with van der Waals surface area (Å²) in [7, 11) is 0. The van der Waals surface area contributed by atoms with Crippen LogP contribution in [0.2, 0.25) is 0 Å². The van der Waals surface area contributed by atoms with Crippen molar-refractivity contribution in [2.45, 2.75) is 19.8 Å². The first-order valence-electron chi connectivity index (χ1n) is 5.59. The Balaban J connectivity index is 2.23. The van der Waals surface area contributed by atoms with Gasteiger partial charge in [-0.15, -0.1) is 0 Å². The number of carboxylic acids is 1. The van der Waals surface area contributed by atoms with Crippen molar-refractivity contribution in [3.8, 4) is 5.69 Å². The van der Waals surface area contributed by atoms with Gasteiger partial charge in [-0.05, 0) is 37.3 Å². The zero-order chi connectivity index (χ0) is 13.1. The fourth-order valence-corrected chi connectivity index (χ4v) is 2.00. The minimum atomic E-state index is -0.800. The Morgan fingerprint density at radius 1 is 1.39 bits per heavy atom. The molecule has 0 atom stereocenters. The van der Waals surface area contributed by atoms with Crippen LogP contribution in [0.3, 0.4) is 0 Å².